The molecule has 1 amide bonds. The SMILES string of the molecule is Cc1ccc(NC(=O)CC(CC(C)C(=O)O)C2NOC(C3CC(CC(C)C)C3)=C2C2CC2)c(C)c1. The van der Waals surface area contributed by atoms with Gasteiger partial charge in [0.05, 0.1) is 12.0 Å². The minimum atomic E-state index is -0.823. The van der Waals surface area contributed by atoms with E-state index in [2.05, 4.69) is 30.7 Å². The lowest BCUT2D eigenvalue weighted by Gasteiger charge is -2.36. The molecule has 1 aromatic rings. The van der Waals surface area contributed by atoms with Gasteiger partial charge in [-0.2, -0.15) is 0 Å². The number of hydrogen-bond donors (Lipinski definition) is 3. The van der Waals surface area contributed by atoms with E-state index in [9.17, 15) is 14.7 Å². The molecule has 1 aliphatic heterocycles. The molecule has 4 rings (SSSR count). The van der Waals surface area contributed by atoms with Gasteiger partial charge in [-0.05, 0) is 93.2 Å². The molecule has 0 saturated heterocycles. The maximum atomic E-state index is 13.1. The highest BCUT2D eigenvalue weighted by Crippen LogP contribution is 2.51. The van der Waals surface area contributed by atoms with Gasteiger partial charge in [0, 0.05) is 18.0 Å². The Hall–Kier alpha value is -2.34. The number of hydrogen-bond acceptors (Lipinski definition) is 4. The number of benzene rings is 1. The Morgan fingerprint density at radius 1 is 1.14 bits per heavy atom. The second kappa shape index (κ2) is 10.7. The number of amides is 1. The van der Waals surface area contributed by atoms with E-state index in [0.717, 1.165) is 41.3 Å². The molecule has 3 N–H and O–H groups in total. The van der Waals surface area contributed by atoms with Gasteiger partial charge < -0.3 is 15.3 Å². The first-order chi connectivity index (χ1) is 16.6. The zero-order valence-corrected chi connectivity index (χ0v) is 21.9. The second-order valence-corrected chi connectivity index (χ2v) is 11.8. The number of carboxylic acids is 1. The van der Waals surface area contributed by atoms with Gasteiger partial charge in [0.2, 0.25) is 5.91 Å². The van der Waals surface area contributed by atoms with Gasteiger partial charge in [0.1, 0.15) is 5.76 Å². The first-order valence-corrected chi connectivity index (χ1v) is 13.4. The van der Waals surface area contributed by atoms with Crippen LogP contribution in [-0.4, -0.2) is 23.0 Å². The zero-order chi connectivity index (χ0) is 25.3. The highest BCUT2D eigenvalue weighted by Gasteiger charge is 2.47. The molecule has 6 heteroatoms. The summed E-state index contributed by atoms with van der Waals surface area (Å²) in [5.74, 6) is 1.95. The first kappa shape index (κ1) is 25.7. The van der Waals surface area contributed by atoms with Crippen LogP contribution in [0.3, 0.4) is 0 Å². The van der Waals surface area contributed by atoms with Crippen LogP contribution >= 0.6 is 0 Å². The molecule has 6 nitrogen and oxygen atoms in total. The van der Waals surface area contributed by atoms with E-state index in [1.54, 1.807) is 6.92 Å². The minimum absolute atomic E-state index is 0.0782. The third-order valence-corrected chi connectivity index (χ3v) is 8.00. The maximum absolute atomic E-state index is 13.1. The smallest absolute Gasteiger partial charge is 0.306 e. The van der Waals surface area contributed by atoms with E-state index in [1.807, 2.05) is 26.0 Å². The van der Waals surface area contributed by atoms with Gasteiger partial charge in [0.25, 0.3) is 0 Å². The van der Waals surface area contributed by atoms with E-state index in [0.29, 0.717) is 24.2 Å². The van der Waals surface area contributed by atoms with Gasteiger partial charge in [-0.25, -0.2) is 0 Å². The number of anilines is 1. The van der Waals surface area contributed by atoms with Crippen molar-refractivity contribution in [3.63, 3.8) is 0 Å². The molecule has 3 unspecified atom stereocenters. The molecule has 2 aliphatic carbocycles. The molecule has 0 bridgehead atoms. The summed E-state index contributed by atoms with van der Waals surface area (Å²) < 4.78 is 0. The van der Waals surface area contributed by atoms with Crippen LogP contribution in [0, 0.1) is 49.4 Å². The highest BCUT2D eigenvalue weighted by atomic mass is 16.7. The van der Waals surface area contributed by atoms with E-state index in [1.165, 1.54) is 24.8 Å². The molecule has 2 saturated carbocycles. The predicted octanol–water partition coefficient (Wildman–Crippen LogP) is 6.00. The van der Waals surface area contributed by atoms with E-state index >= 15 is 0 Å². The molecule has 1 heterocycles. The quantitative estimate of drug-likeness (QED) is 0.360. The third kappa shape index (κ3) is 6.27. The fourth-order valence-electron chi connectivity index (χ4n) is 6.02. The Bertz CT molecular complexity index is 975. The van der Waals surface area contributed by atoms with Crippen LogP contribution in [0.2, 0.25) is 0 Å². The van der Waals surface area contributed by atoms with Crippen LogP contribution in [0.1, 0.15) is 76.8 Å². The largest absolute Gasteiger partial charge is 0.481 e. The van der Waals surface area contributed by atoms with Crippen molar-refractivity contribution in [3.05, 3.63) is 40.7 Å². The van der Waals surface area contributed by atoms with Crippen LogP contribution in [0.15, 0.2) is 29.5 Å². The van der Waals surface area contributed by atoms with Crippen molar-refractivity contribution >= 4 is 17.6 Å². The van der Waals surface area contributed by atoms with Crippen LogP contribution in [-0.2, 0) is 14.4 Å². The van der Waals surface area contributed by atoms with Crippen molar-refractivity contribution in [3.8, 4) is 0 Å². The summed E-state index contributed by atoms with van der Waals surface area (Å²) in [6.07, 6.45) is 6.59. The summed E-state index contributed by atoms with van der Waals surface area (Å²) in [5, 5.41) is 12.7. The van der Waals surface area contributed by atoms with Crippen molar-refractivity contribution in [2.75, 3.05) is 5.32 Å². The monoisotopic (exact) mass is 482 g/mol. The number of rotatable bonds is 11. The molecule has 0 aromatic heterocycles. The van der Waals surface area contributed by atoms with Crippen molar-refractivity contribution in [2.24, 2.45) is 35.5 Å². The summed E-state index contributed by atoms with van der Waals surface area (Å²) in [6.45, 7) is 10.3. The Labute approximate surface area is 209 Å². The number of aryl methyl sites for hydroxylation is 2. The fraction of sp³-hybridized carbons (Fsp3) is 0.655. The van der Waals surface area contributed by atoms with Gasteiger partial charge >= 0.3 is 5.97 Å². The average molecular weight is 483 g/mol. The summed E-state index contributed by atoms with van der Waals surface area (Å²) >= 11 is 0. The minimum Gasteiger partial charge on any atom is -0.481 e. The van der Waals surface area contributed by atoms with Crippen molar-refractivity contribution in [1.82, 2.24) is 5.48 Å². The van der Waals surface area contributed by atoms with E-state index in [4.69, 9.17) is 4.84 Å². The molecule has 3 aliphatic rings. The van der Waals surface area contributed by atoms with Gasteiger partial charge in [0.15, 0.2) is 0 Å². The highest BCUT2D eigenvalue weighted by molar-refractivity contribution is 5.91. The van der Waals surface area contributed by atoms with Crippen LogP contribution in [0.25, 0.3) is 0 Å². The normalized spacial score (nSPS) is 25.7. The molecule has 2 fully saturated rings. The topological polar surface area (TPSA) is 87.7 Å². The molecular formula is C29H42N2O4. The molecule has 0 radical (unpaired) electrons. The Morgan fingerprint density at radius 2 is 1.86 bits per heavy atom. The molecule has 1 aromatic carbocycles. The Morgan fingerprint density at radius 3 is 2.46 bits per heavy atom. The number of carbonyl (C=O) groups excluding carboxylic acids is 1. The molecule has 35 heavy (non-hydrogen) atoms. The third-order valence-electron chi connectivity index (χ3n) is 8.00. The predicted molar refractivity (Wildman–Crippen MR) is 137 cm³/mol. The number of carboxylic acid groups (broad SMARTS) is 1. The first-order valence-electron chi connectivity index (χ1n) is 13.4. The molecule has 192 valence electrons. The van der Waals surface area contributed by atoms with Crippen molar-refractivity contribution < 1.29 is 19.5 Å². The summed E-state index contributed by atoms with van der Waals surface area (Å²) in [5.41, 5.74) is 7.58. The molecule has 3 atom stereocenters. The fourth-order valence-corrected chi connectivity index (χ4v) is 6.02. The average Bonchev–Trinajstić information content (AvgIpc) is 3.50. The number of nitrogens with one attached hydrogen (secondary N) is 2. The summed E-state index contributed by atoms with van der Waals surface area (Å²) in [4.78, 5) is 31.0. The Kier molecular flexibility index (Phi) is 7.89. The maximum Gasteiger partial charge on any atom is 0.306 e. The Balaban J connectivity index is 1.51. The van der Waals surface area contributed by atoms with Crippen molar-refractivity contribution in [2.45, 2.75) is 85.6 Å². The number of allylic oxidation sites excluding steroid dienone is 1. The summed E-state index contributed by atoms with van der Waals surface area (Å²) in [7, 11) is 0. The van der Waals surface area contributed by atoms with Gasteiger partial charge in [-0.1, -0.05) is 38.5 Å². The lowest BCUT2D eigenvalue weighted by molar-refractivity contribution is -0.142. The second-order valence-electron chi connectivity index (χ2n) is 11.8. The lowest BCUT2D eigenvalue weighted by Crippen LogP contribution is -2.37. The molecule has 0 spiro atoms. The van der Waals surface area contributed by atoms with E-state index in [-0.39, 0.29) is 24.3 Å². The van der Waals surface area contributed by atoms with Gasteiger partial charge in [-0.3, -0.25) is 9.59 Å². The van der Waals surface area contributed by atoms with Crippen LogP contribution < -0.4 is 10.8 Å². The van der Waals surface area contributed by atoms with Crippen LogP contribution in [0.5, 0.6) is 0 Å². The number of aliphatic carboxylic acids is 1. The van der Waals surface area contributed by atoms with Crippen molar-refractivity contribution in [1.29, 1.82) is 0 Å². The number of hydroxylamine groups is 1. The number of carbonyl (C=O) groups is 2. The lowest BCUT2D eigenvalue weighted by atomic mass is 9.69. The van der Waals surface area contributed by atoms with Crippen LogP contribution in [0.4, 0.5) is 5.69 Å². The standard InChI is InChI=1S/C29H42N2O4/c1-16(2)10-20-13-23(14-20)28-26(21-7-8-21)27(31-35-28)22(12-19(5)29(33)34)15-25(32)30-24-9-6-17(3)11-18(24)4/h6,9,11,16,19-23,27,31H,7-8,10,12-15H2,1-5H3,(H,30,32)(H,33,34). The summed E-state index contributed by atoms with van der Waals surface area (Å²) in [6, 6.07) is 5.88. The molecular weight excluding hydrogens is 440 g/mol. The van der Waals surface area contributed by atoms with Gasteiger partial charge in [-0.15, -0.1) is 5.48 Å². The van der Waals surface area contributed by atoms with E-state index < -0.39 is 11.9 Å². The zero-order valence-electron chi connectivity index (χ0n) is 21.9.